The molecule has 0 spiro atoms. The number of epoxide rings is 1. The van der Waals surface area contributed by atoms with Gasteiger partial charge >= 0.3 is 0 Å². The van der Waals surface area contributed by atoms with Crippen LogP contribution in [0, 0.1) is 0 Å². The van der Waals surface area contributed by atoms with Gasteiger partial charge in [0.05, 0.1) is 13.2 Å². The first-order valence-corrected chi connectivity index (χ1v) is 11.2. The monoisotopic (exact) mass is 372 g/mol. The van der Waals surface area contributed by atoms with Gasteiger partial charge in [-0.25, -0.2) is 0 Å². The maximum Gasteiger partial charge on any atom is 0.168 e. The Kier molecular flexibility index (Phi) is 14.6. The maximum absolute atomic E-state index is 6.26. The first-order chi connectivity index (χ1) is 12.8. The van der Waals surface area contributed by atoms with Crippen molar-refractivity contribution in [2.45, 2.75) is 110 Å². The highest BCUT2D eigenvalue weighted by atomic mass is 16.7. The van der Waals surface area contributed by atoms with Crippen LogP contribution in [-0.2, 0) is 18.9 Å². The Morgan fingerprint density at radius 1 is 0.731 bits per heavy atom. The van der Waals surface area contributed by atoms with E-state index in [1.54, 1.807) is 0 Å². The highest BCUT2D eigenvalue weighted by Crippen LogP contribution is 2.28. The van der Waals surface area contributed by atoms with Crippen molar-refractivity contribution in [3.8, 4) is 0 Å². The molecule has 26 heavy (non-hydrogen) atoms. The van der Waals surface area contributed by atoms with Gasteiger partial charge in [0.2, 0.25) is 0 Å². The first-order valence-electron chi connectivity index (χ1n) is 11.2. The Morgan fingerprint density at radius 2 is 1.31 bits per heavy atom. The Balaban J connectivity index is 2.33. The zero-order chi connectivity index (χ0) is 18.9. The fraction of sp³-hybridized carbons (Fsp3) is 1.00. The maximum atomic E-state index is 6.26. The smallest absolute Gasteiger partial charge is 0.168 e. The third kappa shape index (κ3) is 12.3. The van der Waals surface area contributed by atoms with Crippen molar-refractivity contribution in [3.63, 3.8) is 0 Å². The molecule has 1 aliphatic rings. The lowest BCUT2D eigenvalue weighted by atomic mass is 10.0. The van der Waals surface area contributed by atoms with Crippen molar-refractivity contribution >= 4 is 0 Å². The standard InChI is InChI=1S/C22H44O4/c1-4-7-8-9-10-11-12-14-22(25-16-5-2,26-17-6-3)15-13-18-23-19-21-20-24-21/h21H,4-20H2,1-3H3. The van der Waals surface area contributed by atoms with Gasteiger partial charge in [0, 0.05) is 32.7 Å². The van der Waals surface area contributed by atoms with Crippen LogP contribution in [-0.4, -0.2) is 44.9 Å². The molecule has 4 heteroatoms. The Labute approximate surface area is 162 Å². The summed E-state index contributed by atoms with van der Waals surface area (Å²) in [6.07, 6.45) is 14.6. The minimum atomic E-state index is -0.408. The summed E-state index contributed by atoms with van der Waals surface area (Å²) in [6, 6.07) is 0. The van der Waals surface area contributed by atoms with Crippen LogP contribution in [0.3, 0.4) is 0 Å². The van der Waals surface area contributed by atoms with Crippen molar-refractivity contribution in [3.05, 3.63) is 0 Å². The van der Waals surface area contributed by atoms with Crippen molar-refractivity contribution in [2.24, 2.45) is 0 Å². The van der Waals surface area contributed by atoms with Crippen LogP contribution in [0.25, 0.3) is 0 Å². The molecule has 1 saturated heterocycles. The molecule has 1 atom stereocenters. The highest BCUT2D eigenvalue weighted by molar-refractivity contribution is 4.72. The molecule has 0 N–H and O–H groups in total. The molecule has 0 aliphatic carbocycles. The number of hydrogen-bond acceptors (Lipinski definition) is 4. The zero-order valence-corrected chi connectivity index (χ0v) is 17.7. The van der Waals surface area contributed by atoms with E-state index in [0.29, 0.717) is 6.10 Å². The fourth-order valence-corrected chi connectivity index (χ4v) is 3.21. The molecule has 4 nitrogen and oxygen atoms in total. The zero-order valence-electron chi connectivity index (χ0n) is 17.7. The molecule has 0 radical (unpaired) electrons. The van der Waals surface area contributed by atoms with Gasteiger partial charge in [0.1, 0.15) is 6.10 Å². The molecular weight excluding hydrogens is 328 g/mol. The van der Waals surface area contributed by atoms with Gasteiger partial charge in [-0.1, -0.05) is 59.3 Å². The predicted octanol–water partition coefficient (Wildman–Crippen LogP) is 5.87. The minimum Gasteiger partial charge on any atom is -0.379 e. The average Bonchev–Trinajstić information content (AvgIpc) is 3.47. The normalized spacial score (nSPS) is 17.0. The summed E-state index contributed by atoms with van der Waals surface area (Å²) in [5, 5.41) is 0. The van der Waals surface area contributed by atoms with E-state index < -0.39 is 5.79 Å². The lowest BCUT2D eigenvalue weighted by Gasteiger charge is -2.34. The minimum absolute atomic E-state index is 0.347. The van der Waals surface area contributed by atoms with Crippen LogP contribution in [0.5, 0.6) is 0 Å². The van der Waals surface area contributed by atoms with Gasteiger partial charge in [0.25, 0.3) is 0 Å². The molecule has 1 unspecified atom stereocenters. The summed E-state index contributed by atoms with van der Waals surface area (Å²) in [6.45, 7) is 10.5. The molecular formula is C22H44O4. The quantitative estimate of drug-likeness (QED) is 0.152. The van der Waals surface area contributed by atoms with Crippen LogP contribution >= 0.6 is 0 Å². The van der Waals surface area contributed by atoms with Gasteiger partial charge in [-0.3, -0.25) is 0 Å². The van der Waals surface area contributed by atoms with Gasteiger partial charge in [-0.15, -0.1) is 0 Å². The van der Waals surface area contributed by atoms with Gasteiger partial charge in [-0.2, -0.15) is 0 Å². The number of unbranched alkanes of at least 4 members (excludes halogenated alkanes) is 6. The lowest BCUT2D eigenvalue weighted by Crippen LogP contribution is -2.37. The van der Waals surface area contributed by atoms with Crippen molar-refractivity contribution < 1.29 is 18.9 Å². The molecule has 1 heterocycles. The van der Waals surface area contributed by atoms with Crippen LogP contribution in [0.4, 0.5) is 0 Å². The average molecular weight is 373 g/mol. The molecule has 0 aromatic carbocycles. The molecule has 0 amide bonds. The van der Waals surface area contributed by atoms with E-state index >= 15 is 0 Å². The second kappa shape index (κ2) is 15.9. The van der Waals surface area contributed by atoms with E-state index in [9.17, 15) is 0 Å². The van der Waals surface area contributed by atoms with Gasteiger partial charge in [-0.05, 0) is 25.7 Å². The number of ether oxygens (including phenoxy) is 4. The number of rotatable bonds is 20. The third-order valence-electron chi connectivity index (χ3n) is 4.85. The van der Waals surface area contributed by atoms with Crippen LogP contribution < -0.4 is 0 Å². The summed E-state index contributed by atoms with van der Waals surface area (Å²) >= 11 is 0. The Bertz CT molecular complexity index is 297. The Hall–Kier alpha value is -0.160. The summed E-state index contributed by atoms with van der Waals surface area (Å²) < 4.78 is 23.4. The molecule has 1 fully saturated rings. The molecule has 0 aromatic rings. The highest BCUT2D eigenvalue weighted by Gasteiger charge is 2.31. The predicted molar refractivity (Wildman–Crippen MR) is 108 cm³/mol. The summed E-state index contributed by atoms with van der Waals surface area (Å²) in [5.74, 6) is -0.408. The van der Waals surface area contributed by atoms with E-state index in [1.165, 1.54) is 44.9 Å². The van der Waals surface area contributed by atoms with Crippen molar-refractivity contribution in [1.82, 2.24) is 0 Å². The largest absolute Gasteiger partial charge is 0.379 e. The molecule has 0 saturated carbocycles. The topological polar surface area (TPSA) is 40.2 Å². The molecule has 1 aliphatic heterocycles. The molecule has 156 valence electrons. The summed E-state index contributed by atoms with van der Waals surface area (Å²) in [7, 11) is 0. The Morgan fingerprint density at radius 3 is 1.88 bits per heavy atom. The molecule has 1 rings (SSSR count). The SMILES string of the molecule is CCCCCCCCCC(CCCOCC1CO1)(OCCC)OCCC. The van der Waals surface area contributed by atoms with Gasteiger partial charge in [0.15, 0.2) is 5.79 Å². The second-order valence-electron chi connectivity index (χ2n) is 7.61. The second-order valence-corrected chi connectivity index (χ2v) is 7.61. The molecule has 0 aromatic heterocycles. The van der Waals surface area contributed by atoms with Crippen LogP contribution in [0.15, 0.2) is 0 Å². The lowest BCUT2D eigenvalue weighted by molar-refractivity contribution is -0.247. The third-order valence-corrected chi connectivity index (χ3v) is 4.85. The van der Waals surface area contributed by atoms with E-state index in [2.05, 4.69) is 20.8 Å². The van der Waals surface area contributed by atoms with E-state index in [1.807, 2.05) is 0 Å². The van der Waals surface area contributed by atoms with E-state index in [0.717, 1.165) is 65.1 Å². The molecule has 0 bridgehead atoms. The summed E-state index contributed by atoms with van der Waals surface area (Å²) in [5.41, 5.74) is 0. The first kappa shape index (κ1) is 23.9. The summed E-state index contributed by atoms with van der Waals surface area (Å²) in [4.78, 5) is 0. The van der Waals surface area contributed by atoms with Crippen LogP contribution in [0.1, 0.15) is 97.8 Å². The number of hydrogen-bond donors (Lipinski definition) is 0. The van der Waals surface area contributed by atoms with Gasteiger partial charge < -0.3 is 18.9 Å². The van der Waals surface area contributed by atoms with E-state index in [-0.39, 0.29) is 0 Å². The van der Waals surface area contributed by atoms with Crippen molar-refractivity contribution in [1.29, 1.82) is 0 Å². The van der Waals surface area contributed by atoms with Crippen molar-refractivity contribution in [2.75, 3.05) is 33.0 Å². The van der Waals surface area contributed by atoms with E-state index in [4.69, 9.17) is 18.9 Å². The van der Waals surface area contributed by atoms with Crippen LogP contribution in [0.2, 0.25) is 0 Å². The fourth-order valence-electron chi connectivity index (χ4n) is 3.21.